The Labute approximate surface area is 211 Å². The van der Waals surface area contributed by atoms with Crippen molar-refractivity contribution in [3.8, 4) is 0 Å². The van der Waals surface area contributed by atoms with Crippen molar-refractivity contribution in [3.63, 3.8) is 0 Å². The molecular weight excluding hydrogens is 474 g/mol. The van der Waals surface area contributed by atoms with E-state index in [2.05, 4.69) is 43.1 Å². The Morgan fingerprint density at radius 1 is 1.06 bits per heavy atom. The molecule has 5 rings (SSSR count). The van der Waals surface area contributed by atoms with Gasteiger partial charge in [0.25, 0.3) is 5.56 Å². The third-order valence-electron chi connectivity index (χ3n) is 6.01. The third-order valence-corrected chi connectivity index (χ3v) is 8.08. The van der Waals surface area contributed by atoms with Gasteiger partial charge in [-0.3, -0.25) is 14.2 Å². The van der Waals surface area contributed by atoms with Crippen LogP contribution in [0.3, 0.4) is 0 Å². The van der Waals surface area contributed by atoms with Crippen LogP contribution in [-0.4, -0.2) is 26.1 Å². The van der Waals surface area contributed by atoms with Gasteiger partial charge in [0.05, 0.1) is 17.8 Å². The molecule has 0 radical (unpaired) electrons. The van der Waals surface area contributed by atoms with E-state index in [0.29, 0.717) is 33.4 Å². The molecular formula is C28H25N3O2S2. The number of thioether (sulfide) groups is 1. The molecule has 0 saturated heterocycles. The summed E-state index contributed by atoms with van der Waals surface area (Å²) in [6.07, 6.45) is 1.72. The Balaban J connectivity index is 1.55. The summed E-state index contributed by atoms with van der Waals surface area (Å²) in [5, 5.41) is 1.41. The summed E-state index contributed by atoms with van der Waals surface area (Å²) in [6.45, 7) is 6.71. The van der Waals surface area contributed by atoms with Crippen LogP contribution in [0.25, 0.3) is 20.4 Å². The Bertz CT molecular complexity index is 1580. The van der Waals surface area contributed by atoms with Crippen LogP contribution in [0.15, 0.2) is 76.8 Å². The minimum atomic E-state index is -0.101. The summed E-state index contributed by atoms with van der Waals surface area (Å²) in [5.74, 6) is 0.650. The van der Waals surface area contributed by atoms with Crippen molar-refractivity contribution >= 4 is 49.3 Å². The van der Waals surface area contributed by atoms with Gasteiger partial charge in [-0.15, -0.1) is 11.3 Å². The van der Waals surface area contributed by atoms with Crippen LogP contribution in [0.5, 0.6) is 0 Å². The standard InChI is InChI=1S/C28H25N3O2S2/c1-17(2)20-12-8-19(9-13-20)15-31-27(33)25-24(22-5-4-14-29-26(22)35-25)30-28(31)34-16-23(32)21-10-6-18(3)7-11-21/h4-14,17H,15-16H2,1-3H3. The normalized spacial score (nSPS) is 11.5. The van der Waals surface area contributed by atoms with E-state index in [1.807, 2.05) is 43.3 Å². The first kappa shape index (κ1) is 23.5. The second-order valence-corrected chi connectivity index (χ2v) is 10.8. The Morgan fingerprint density at radius 3 is 2.51 bits per heavy atom. The van der Waals surface area contributed by atoms with E-state index in [1.165, 1.54) is 28.7 Å². The van der Waals surface area contributed by atoms with Gasteiger partial charge in [0.2, 0.25) is 0 Å². The van der Waals surface area contributed by atoms with Gasteiger partial charge in [0.15, 0.2) is 10.9 Å². The Morgan fingerprint density at radius 2 is 1.80 bits per heavy atom. The lowest BCUT2D eigenvalue weighted by atomic mass is 10.0. The second kappa shape index (κ2) is 9.76. The van der Waals surface area contributed by atoms with Crippen molar-refractivity contribution in [3.05, 3.63) is 99.5 Å². The van der Waals surface area contributed by atoms with Gasteiger partial charge in [-0.25, -0.2) is 9.97 Å². The maximum atomic E-state index is 13.7. The number of aromatic nitrogens is 3. The number of fused-ring (bicyclic) bond motifs is 3. The molecule has 0 bridgehead atoms. The van der Waals surface area contributed by atoms with Crippen LogP contribution in [0.2, 0.25) is 0 Å². The monoisotopic (exact) mass is 499 g/mol. The third kappa shape index (κ3) is 4.79. The molecule has 2 aromatic carbocycles. The van der Waals surface area contributed by atoms with Gasteiger partial charge < -0.3 is 0 Å². The lowest BCUT2D eigenvalue weighted by Crippen LogP contribution is -2.23. The van der Waals surface area contributed by atoms with E-state index in [1.54, 1.807) is 10.8 Å². The number of thiophene rings is 1. The molecule has 176 valence electrons. The predicted octanol–water partition coefficient (Wildman–Crippen LogP) is 6.46. The van der Waals surface area contributed by atoms with Gasteiger partial charge in [-0.1, -0.05) is 79.7 Å². The zero-order chi connectivity index (χ0) is 24.5. The van der Waals surface area contributed by atoms with Crippen LogP contribution in [0.1, 0.15) is 46.8 Å². The summed E-state index contributed by atoms with van der Waals surface area (Å²) in [5.41, 5.74) is 4.59. The number of Topliss-reactive ketones (excluding diaryl/α,β-unsaturated/α-hetero) is 1. The van der Waals surface area contributed by atoms with Gasteiger partial charge in [0, 0.05) is 17.1 Å². The molecule has 0 atom stereocenters. The first-order valence-corrected chi connectivity index (χ1v) is 13.3. The van der Waals surface area contributed by atoms with E-state index in [9.17, 15) is 9.59 Å². The predicted molar refractivity (Wildman–Crippen MR) is 145 cm³/mol. The average molecular weight is 500 g/mol. The minimum absolute atomic E-state index is 0.00836. The lowest BCUT2D eigenvalue weighted by molar-refractivity contribution is 0.102. The SMILES string of the molecule is Cc1ccc(C(=O)CSc2nc3c(sc4ncccc43)c(=O)n2Cc2ccc(C(C)C)cc2)cc1. The number of rotatable bonds is 7. The summed E-state index contributed by atoms with van der Waals surface area (Å²) in [7, 11) is 0. The maximum Gasteiger partial charge on any atom is 0.272 e. The molecule has 7 heteroatoms. The second-order valence-electron chi connectivity index (χ2n) is 8.90. The number of nitrogens with zero attached hydrogens (tertiary/aromatic N) is 3. The fraction of sp³-hybridized carbons (Fsp3) is 0.214. The van der Waals surface area contributed by atoms with Crippen molar-refractivity contribution in [2.45, 2.75) is 38.4 Å². The molecule has 0 unspecified atom stereocenters. The highest BCUT2D eigenvalue weighted by atomic mass is 32.2. The number of hydrogen-bond acceptors (Lipinski definition) is 6. The number of pyridine rings is 1. The maximum absolute atomic E-state index is 13.7. The number of hydrogen-bond donors (Lipinski definition) is 0. The fourth-order valence-electron chi connectivity index (χ4n) is 3.93. The molecule has 0 aliphatic rings. The molecule has 3 aromatic heterocycles. The van der Waals surface area contributed by atoms with Gasteiger partial charge in [-0.2, -0.15) is 0 Å². The zero-order valence-electron chi connectivity index (χ0n) is 19.8. The Kier molecular flexibility index (Phi) is 6.54. The largest absolute Gasteiger partial charge is 0.293 e. The van der Waals surface area contributed by atoms with Crippen molar-refractivity contribution in [2.75, 3.05) is 5.75 Å². The topological polar surface area (TPSA) is 64.8 Å². The highest BCUT2D eigenvalue weighted by Gasteiger charge is 2.18. The summed E-state index contributed by atoms with van der Waals surface area (Å²) in [4.78, 5) is 36.6. The van der Waals surface area contributed by atoms with E-state index in [4.69, 9.17) is 4.98 Å². The number of benzene rings is 2. The summed E-state index contributed by atoms with van der Waals surface area (Å²) < 4.78 is 2.28. The number of aryl methyl sites for hydroxylation is 1. The van der Waals surface area contributed by atoms with Crippen LogP contribution in [0.4, 0.5) is 0 Å². The lowest BCUT2D eigenvalue weighted by Gasteiger charge is -2.13. The van der Waals surface area contributed by atoms with Crippen molar-refractivity contribution < 1.29 is 4.79 Å². The van der Waals surface area contributed by atoms with E-state index >= 15 is 0 Å². The van der Waals surface area contributed by atoms with Crippen LogP contribution < -0.4 is 5.56 Å². The molecule has 0 fully saturated rings. The molecule has 0 amide bonds. The van der Waals surface area contributed by atoms with Crippen molar-refractivity contribution in [1.29, 1.82) is 0 Å². The molecule has 5 aromatic rings. The average Bonchev–Trinajstić information content (AvgIpc) is 3.24. The summed E-state index contributed by atoms with van der Waals surface area (Å²) in [6, 6.07) is 19.7. The van der Waals surface area contributed by atoms with Gasteiger partial charge in [-0.05, 0) is 36.1 Å². The van der Waals surface area contributed by atoms with E-state index in [-0.39, 0.29) is 17.1 Å². The van der Waals surface area contributed by atoms with E-state index in [0.717, 1.165) is 21.3 Å². The molecule has 0 aliphatic carbocycles. The quantitative estimate of drug-likeness (QED) is 0.146. The highest BCUT2D eigenvalue weighted by Crippen LogP contribution is 2.31. The first-order chi connectivity index (χ1) is 16.9. The van der Waals surface area contributed by atoms with Crippen molar-refractivity contribution in [1.82, 2.24) is 14.5 Å². The van der Waals surface area contributed by atoms with Gasteiger partial charge >= 0.3 is 0 Å². The number of ketones is 1. The van der Waals surface area contributed by atoms with Crippen LogP contribution >= 0.6 is 23.1 Å². The molecule has 35 heavy (non-hydrogen) atoms. The van der Waals surface area contributed by atoms with E-state index < -0.39 is 0 Å². The molecule has 0 spiro atoms. The van der Waals surface area contributed by atoms with Crippen LogP contribution in [-0.2, 0) is 6.54 Å². The molecule has 0 N–H and O–H groups in total. The summed E-state index contributed by atoms with van der Waals surface area (Å²) >= 11 is 2.68. The number of carbonyl (C=O) groups is 1. The molecule has 0 aliphatic heterocycles. The molecule has 3 heterocycles. The van der Waals surface area contributed by atoms with Gasteiger partial charge in [0.1, 0.15) is 9.53 Å². The minimum Gasteiger partial charge on any atom is -0.293 e. The van der Waals surface area contributed by atoms with Crippen LogP contribution in [0, 0.1) is 6.92 Å². The highest BCUT2D eigenvalue weighted by molar-refractivity contribution is 7.99. The molecule has 5 nitrogen and oxygen atoms in total. The fourth-order valence-corrected chi connectivity index (χ4v) is 5.85. The smallest absolute Gasteiger partial charge is 0.272 e. The molecule has 0 saturated carbocycles. The first-order valence-electron chi connectivity index (χ1n) is 11.5. The zero-order valence-corrected chi connectivity index (χ0v) is 21.5. The number of carbonyl (C=O) groups excluding carboxylic acids is 1. The van der Waals surface area contributed by atoms with Crippen molar-refractivity contribution in [2.24, 2.45) is 0 Å². The Hall–Kier alpha value is -3.29.